The summed E-state index contributed by atoms with van der Waals surface area (Å²) in [5.41, 5.74) is 7.79. The van der Waals surface area contributed by atoms with E-state index in [9.17, 15) is 0 Å². The monoisotopic (exact) mass is 355 g/mol. The molecule has 0 aliphatic carbocycles. The van der Waals surface area contributed by atoms with Crippen molar-refractivity contribution in [1.82, 2.24) is 5.32 Å². The van der Waals surface area contributed by atoms with Gasteiger partial charge in [0.2, 0.25) is 0 Å². The van der Waals surface area contributed by atoms with E-state index in [4.69, 9.17) is 15.7 Å². The lowest BCUT2D eigenvalue weighted by atomic mass is 9.88. The summed E-state index contributed by atoms with van der Waals surface area (Å²) in [4.78, 5) is 0. The van der Waals surface area contributed by atoms with Crippen molar-refractivity contribution in [1.29, 1.82) is 0 Å². The van der Waals surface area contributed by atoms with Gasteiger partial charge in [0.25, 0.3) is 0 Å². The molecular weight excluding hydrogens is 334 g/mol. The minimum atomic E-state index is -0.322. The normalized spacial score (nSPS) is 14.9. The average molecular weight is 356 g/mol. The van der Waals surface area contributed by atoms with E-state index in [-0.39, 0.29) is 11.3 Å². The number of nitrogens with one attached hydrogen (secondary N) is 1. The molecule has 6 heteroatoms. The molecule has 1 aliphatic rings. The van der Waals surface area contributed by atoms with Crippen LogP contribution in [-0.2, 0) is 13.0 Å². The maximum absolute atomic E-state index is 8.76. The van der Waals surface area contributed by atoms with Crippen LogP contribution in [0.2, 0.25) is 0 Å². The Bertz CT molecular complexity index is 544. The lowest BCUT2D eigenvalue weighted by Gasteiger charge is -2.22. The van der Waals surface area contributed by atoms with E-state index in [0.717, 1.165) is 42.8 Å². The maximum Gasteiger partial charge on any atom is 0.144 e. The SMILES string of the molecule is CC(C)(CCNCc1cc(Br)cc2c1OCC2)/C(N)=N/O. The predicted octanol–water partition coefficient (Wildman–Crippen LogP) is 2.64. The van der Waals surface area contributed by atoms with Gasteiger partial charge < -0.3 is 21.0 Å². The van der Waals surface area contributed by atoms with Crippen molar-refractivity contribution in [2.75, 3.05) is 13.2 Å². The van der Waals surface area contributed by atoms with Crippen LogP contribution in [0.4, 0.5) is 0 Å². The molecule has 1 heterocycles. The summed E-state index contributed by atoms with van der Waals surface area (Å²) in [6, 6.07) is 4.21. The van der Waals surface area contributed by atoms with E-state index in [1.807, 2.05) is 13.8 Å². The number of ether oxygens (including phenoxy) is 1. The fourth-order valence-electron chi connectivity index (χ4n) is 2.36. The number of fused-ring (bicyclic) bond motifs is 1. The van der Waals surface area contributed by atoms with E-state index < -0.39 is 0 Å². The fraction of sp³-hybridized carbons (Fsp3) is 0.533. The molecule has 5 nitrogen and oxygen atoms in total. The number of halogens is 1. The third-order valence-electron chi connectivity index (χ3n) is 3.87. The Balaban J connectivity index is 1.90. The Morgan fingerprint density at radius 3 is 3.00 bits per heavy atom. The molecular formula is C15H22BrN3O2. The van der Waals surface area contributed by atoms with E-state index >= 15 is 0 Å². The summed E-state index contributed by atoms with van der Waals surface area (Å²) in [6.45, 7) is 6.21. The zero-order valence-corrected chi connectivity index (χ0v) is 14.0. The van der Waals surface area contributed by atoms with Crippen molar-refractivity contribution >= 4 is 21.8 Å². The minimum Gasteiger partial charge on any atom is -0.493 e. The van der Waals surface area contributed by atoms with Crippen molar-refractivity contribution in [3.8, 4) is 5.75 Å². The molecule has 0 saturated heterocycles. The number of amidine groups is 1. The van der Waals surface area contributed by atoms with E-state index in [0.29, 0.717) is 0 Å². The topological polar surface area (TPSA) is 79.9 Å². The largest absolute Gasteiger partial charge is 0.493 e. The summed E-state index contributed by atoms with van der Waals surface area (Å²) < 4.78 is 6.79. The molecule has 0 unspecified atom stereocenters. The van der Waals surface area contributed by atoms with E-state index in [1.54, 1.807) is 0 Å². The van der Waals surface area contributed by atoms with Gasteiger partial charge in [-0.1, -0.05) is 34.9 Å². The first-order chi connectivity index (χ1) is 9.94. The summed E-state index contributed by atoms with van der Waals surface area (Å²) in [7, 11) is 0. The number of hydrogen-bond donors (Lipinski definition) is 3. The van der Waals surface area contributed by atoms with Gasteiger partial charge in [-0.25, -0.2) is 0 Å². The van der Waals surface area contributed by atoms with Crippen molar-refractivity contribution < 1.29 is 9.94 Å². The molecule has 1 aliphatic heterocycles. The smallest absolute Gasteiger partial charge is 0.144 e. The molecule has 0 spiro atoms. The fourth-order valence-corrected chi connectivity index (χ4v) is 2.92. The van der Waals surface area contributed by atoms with Crippen molar-refractivity contribution in [3.05, 3.63) is 27.7 Å². The maximum atomic E-state index is 8.76. The number of rotatable bonds is 6. The standard InChI is InChI=1S/C15H22BrN3O2/c1-15(2,14(17)19-20)4-5-18-9-11-8-12(16)7-10-3-6-21-13(10)11/h7-8,18,20H,3-6,9H2,1-2H3,(H2,17,19). The second-order valence-corrected chi connectivity index (χ2v) is 6.86. The lowest BCUT2D eigenvalue weighted by Crippen LogP contribution is -2.34. The van der Waals surface area contributed by atoms with Gasteiger partial charge in [-0.2, -0.15) is 0 Å². The predicted molar refractivity (Wildman–Crippen MR) is 86.9 cm³/mol. The third-order valence-corrected chi connectivity index (χ3v) is 4.33. The molecule has 0 fully saturated rings. The number of nitrogens with two attached hydrogens (primary N) is 1. The highest BCUT2D eigenvalue weighted by molar-refractivity contribution is 9.10. The molecule has 1 aromatic rings. The highest BCUT2D eigenvalue weighted by atomic mass is 79.9. The van der Waals surface area contributed by atoms with Crippen LogP contribution >= 0.6 is 15.9 Å². The van der Waals surface area contributed by atoms with Gasteiger partial charge in [0, 0.05) is 28.4 Å². The molecule has 0 amide bonds. The minimum absolute atomic E-state index is 0.260. The quantitative estimate of drug-likeness (QED) is 0.241. The summed E-state index contributed by atoms with van der Waals surface area (Å²) in [6.07, 6.45) is 1.76. The van der Waals surface area contributed by atoms with Crippen molar-refractivity contribution in [3.63, 3.8) is 0 Å². The second-order valence-electron chi connectivity index (χ2n) is 5.95. The molecule has 0 aromatic heterocycles. The number of hydrogen-bond acceptors (Lipinski definition) is 4. The lowest BCUT2D eigenvalue weighted by molar-refractivity contribution is 0.305. The summed E-state index contributed by atoms with van der Waals surface area (Å²) in [5.74, 6) is 1.28. The van der Waals surface area contributed by atoms with Crippen LogP contribution in [0.5, 0.6) is 5.75 Å². The molecule has 4 N–H and O–H groups in total. The van der Waals surface area contributed by atoms with Crippen LogP contribution in [0.15, 0.2) is 21.8 Å². The first-order valence-electron chi connectivity index (χ1n) is 7.07. The highest BCUT2D eigenvalue weighted by Gasteiger charge is 2.23. The first-order valence-corrected chi connectivity index (χ1v) is 7.86. The van der Waals surface area contributed by atoms with Gasteiger partial charge in [-0.15, -0.1) is 0 Å². The molecule has 0 saturated carbocycles. The van der Waals surface area contributed by atoms with Gasteiger partial charge in [0.05, 0.1) is 6.61 Å². The molecule has 1 aromatic carbocycles. The summed E-state index contributed by atoms with van der Waals surface area (Å²) >= 11 is 3.54. The average Bonchev–Trinajstić information content (AvgIpc) is 2.90. The molecule has 2 rings (SSSR count). The van der Waals surface area contributed by atoms with Crippen LogP contribution in [0.3, 0.4) is 0 Å². The zero-order chi connectivity index (χ0) is 15.5. The van der Waals surface area contributed by atoms with E-state index in [1.165, 1.54) is 11.1 Å². The second kappa shape index (κ2) is 6.66. The van der Waals surface area contributed by atoms with Crippen LogP contribution in [-0.4, -0.2) is 24.2 Å². The number of nitrogens with zero attached hydrogens (tertiary/aromatic N) is 1. The molecule has 0 bridgehead atoms. The Kier molecular flexibility index (Phi) is 5.11. The van der Waals surface area contributed by atoms with Crippen LogP contribution in [0.1, 0.15) is 31.4 Å². The Morgan fingerprint density at radius 1 is 1.52 bits per heavy atom. The third kappa shape index (κ3) is 3.89. The van der Waals surface area contributed by atoms with Gasteiger partial charge in [-0.05, 0) is 30.7 Å². The Labute approximate surface area is 133 Å². The van der Waals surface area contributed by atoms with Crippen molar-refractivity contribution in [2.45, 2.75) is 33.2 Å². The highest BCUT2D eigenvalue weighted by Crippen LogP contribution is 2.32. The Morgan fingerprint density at radius 2 is 2.29 bits per heavy atom. The van der Waals surface area contributed by atoms with Gasteiger partial charge in [0.1, 0.15) is 11.6 Å². The van der Waals surface area contributed by atoms with Gasteiger partial charge >= 0.3 is 0 Å². The zero-order valence-electron chi connectivity index (χ0n) is 12.4. The van der Waals surface area contributed by atoms with Crippen LogP contribution in [0, 0.1) is 5.41 Å². The first kappa shape index (κ1) is 16.1. The van der Waals surface area contributed by atoms with Gasteiger partial charge in [-0.3, -0.25) is 0 Å². The van der Waals surface area contributed by atoms with Crippen LogP contribution < -0.4 is 15.8 Å². The van der Waals surface area contributed by atoms with Crippen molar-refractivity contribution in [2.24, 2.45) is 16.3 Å². The molecule has 21 heavy (non-hydrogen) atoms. The number of oxime groups is 1. The molecule has 0 atom stereocenters. The van der Waals surface area contributed by atoms with Crippen LogP contribution in [0.25, 0.3) is 0 Å². The molecule has 116 valence electrons. The van der Waals surface area contributed by atoms with Gasteiger partial charge in [0.15, 0.2) is 0 Å². The molecule has 0 radical (unpaired) electrons. The number of benzene rings is 1. The Hall–Kier alpha value is -1.27. The van der Waals surface area contributed by atoms with E-state index in [2.05, 4.69) is 38.5 Å². The summed E-state index contributed by atoms with van der Waals surface area (Å²) in [5, 5.41) is 15.3.